The summed E-state index contributed by atoms with van der Waals surface area (Å²) in [5, 5.41) is 17.5. The Balaban J connectivity index is 1.98. The Labute approximate surface area is 228 Å². The van der Waals surface area contributed by atoms with Gasteiger partial charge in [0.15, 0.2) is 0 Å². The number of benzene rings is 2. The molecule has 2 aromatic carbocycles. The summed E-state index contributed by atoms with van der Waals surface area (Å²) in [6.45, 7) is 9.92. The maximum absolute atomic E-state index is 13.1. The largest absolute Gasteiger partial charge is 0.463 e. The molecule has 8 heteroatoms. The lowest BCUT2D eigenvalue weighted by Gasteiger charge is -2.31. The minimum atomic E-state index is -0.701. The number of halogens is 1. The molecule has 0 radical (unpaired) electrons. The summed E-state index contributed by atoms with van der Waals surface area (Å²) in [4.78, 5) is 26.1. The van der Waals surface area contributed by atoms with Gasteiger partial charge in [-0.3, -0.25) is 4.79 Å². The minimum Gasteiger partial charge on any atom is -0.463 e. The van der Waals surface area contributed by atoms with Gasteiger partial charge >= 0.3 is 5.97 Å². The third kappa shape index (κ3) is 6.57. The molecule has 6 nitrogen and oxygen atoms in total. The zero-order valence-corrected chi connectivity index (χ0v) is 23.4. The third-order valence-electron chi connectivity index (χ3n) is 6.03. The first kappa shape index (κ1) is 28.4. The highest BCUT2D eigenvalue weighted by molar-refractivity contribution is 8.03. The molecule has 1 heterocycles. The average molecular weight is 538 g/mol. The van der Waals surface area contributed by atoms with Crippen molar-refractivity contribution >= 4 is 40.9 Å². The van der Waals surface area contributed by atoms with Gasteiger partial charge in [-0.15, -0.1) is 0 Å². The standard InChI is InChI=1S/C29H32ClN3O3S/c1-6-10-23-26(29(35)36-7-2)25(20-11-8-9-12-22(20)30)21(15-31)28(32-23)37-16-24(34)33-27-18(4)13-17(3)14-19(27)5/h8-9,11-14,25,32H,6-7,10,16H2,1-5H3,(H,33,34)/t25-/m1/s1. The molecule has 1 aliphatic rings. The summed E-state index contributed by atoms with van der Waals surface area (Å²) < 4.78 is 5.39. The second kappa shape index (κ2) is 12.8. The molecule has 0 unspecified atom stereocenters. The molecule has 2 N–H and O–H groups in total. The van der Waals surface area contributed by atoms with Crippen LogP contribution in [0.4, 0.5) is 5.69 Å². The summed E-state index contributed by atoms with van der Waals surface area (Å²) in [7, 11) is 0. The maximum atomic E-state index is 13.1. The lowest BCUT2D eigenvalue weighted by Crippen LogP contribution is -2.30. The van der Waals surface area contributed by atoms with Crippen LogP contribution in [0, 0.1) is 32.1 Å². The minimum absolute atomic E-state index is 0.0870. The molecule has 0 bridgehead atoms. The number of carbonyl (C=O) groups is 2. The normalized spacial score (nSPS) is 15.2. The van der Waals surface area contributed by atoms with E-state index in [-0.39, 0.29) is 18.3 Å². The summed E-state index contributed by atoms with van der Waals surface area (Å²) >= 11 is 7.80. The fourth-order valence-electron chi connectivity index (χ4n) is 4.56. The van der Waals surface area contributed by atoms with Gasteiger partial charge in [0.05, 0.1) is 40.5 Å². The van der Waals surface area contributed by atoms with Crippen LogP contribution in [0.5, 0.6) is 0 Å². The number of nitriles is 1. The number of allylic oxidation sites excluding steroid dienone is 2. The second-order valence-electron chi connectivity index (χ2n) is 8.91. The van der Waals surface area contributed by atoms with Crippen molar-refractivity contribution in [2.45, 2.75) is 53.4 Å². The van der Waals surface area contributed by atoms with Crippen LogP contribution in [0.2, 0.25) is 5.02 Å². The van der Waals surface area contributed by atoms with Gasteiger partial charge in [-0.25, -0.2) is 4.79 Å². The molecule has 0 aliphatic carbocycles. The molecule has 1 amide bonds. The van der Waals surface area contributed by atoms with Crippen molar-refractivity contribution in [2.75, 3.05) is 17.7 Å². The SMILES string of the molecule is CCCC1=C(C(=O)OCC)[C@H](c2ccccc2Cl)C(C#N)=C(SCC(=O)Nc2c(C)cc(C)cc2C)N1. The van der Waals surface area contributed by atoms with Crippen LogP contribution in [-0.2, 0) is 14.3 Å². The summed E-state index contributed by atoms with van der Waals surface area (Å²) in [5.74, 6) is -1.28. The summed E-state index contributed by atoms with van der Waals surface area (Å²) in [5.41, 5.74) is 5.96. The van der Waals surface area contributed by atoms with Crippen molar-refractivity contribution in [3.63, 3.8) is 0 Å². The van der Waals surface area contributed by atoms with E-state index >= 15 is 0 Å². The summed E-state index contributed by atoms with van der Waals surface area (Å²) in [6, 6.07) is 13.5. The van der Waals surface area contributed by atoms with E-state index in [4.69, 9.17) is 16.3 Å². The van der Waals surface area contributed by atoms with E-state index in [0.717, 1.165) is 28.8 Å². The van der Waals surface area contributed by atoms with E-state index in [1.807, 2.05) is 52.0 Å². The zero-order chi connectivity index (χ0) is 27.1. The molecule has 194 valence electrons. The number of dihydropyridines is 1. The molecule has 0 fully saturated rings. The van der Waals surface area contributed by atoms with Gasteiger partial charge in [-0.2, -0.15) is 5.26 Å². The van der Waals surface area contributed by atoms with Gasteiger partial charge in [-0.05, 0) is 56.9 Å². The van der Waals surface area contributed by atoms with Crippen molar-refractivity contribution < 1.29 is 14.3 Å². The predicted molar refractivity (Wildman–Crippen MR) is 150 cm³/mol. The average Bonchev–Trinajstić information content (AvgIpc) is 2.85. The fourth-order valence-corrected chi connectivity index (χ4v) is 5.67. The number of anilines is 1. The van der Waals surface area contributed by atoms with Gasteiger partial charge in [0.25, 0.3) is 0 Å². The number of nitrogens with zero attached hydrogens (tertiary/aromatic N) is 1. The van der Waals surface area contributed by atoms with Crippen LogP contribution in [0.1, 0.15) is 54.9 Å². The van der Waals surface area contributed by atoms with Crippen LogP contribution in [-0.4, -0.2) is 24.2 Å². The Hall–Kier alpha value is -3.21. The smallest absolute Gasteiger partial charge is 0.336 e. The Kier molecular flexibility index (Phi) is 9.85. The summed E-state index contributed by atoms with van der Waals surface area (Å²) in [6.07, 6.45) is 1.35. The Morgan fingerprint density at radius 2 is 1.84 bits per heavy atom. The number of ether oxygens (including phenoxy) is 1. The fraction of sp³-hybridized carbons (Fsp3) is 0.345. The Morgan fingerprint density at radius 3 is 2.43 bits per heavy atom. The van der Waals surface area contributed by atoms with E-state index in [9.17, 15) is 14.9 Å². The van der Waals surface area contributed by atoms with Crippen molar-refractivity contribution in [3.8, 4) is 6.07 Å². The number of nitrogens with one attached hydrogen (secondary N) is 2. The van der Waals surface area contributed by atoms with Crippen LogP contribution < -0.4 is 10.6 Å². The quantitative estimate of drug-likeness (QED) is 0.347. The molecule has 1 aliphatic heterocycles. The van der Waals surface area contributed by atoms with E-state index in [1.54, 1.807) is 19.1 Å². The number of esters is 1. The number of amides is 1. The van der Waals surface area contributed by atoms with Gasteiger partial charge in [0, 0.05) is 16.4 Å². The van der Waals surface area contributed by atoms with E-state index in [1.165, 1.54) is 11.8 Å². The van der Waals surface area contributed by atoms with Crippen LogP contribution in [0.25, 0.3) is 0 Å². The molecular weight excluding hydrogens is 506 g/mol. The van der Waals surface area contributed by atoms with Crippen LogP contribution >= 0.6 is 23.4 Å². The lowest BCUT2D eigenvalue weighted by molar-refractivity contribution is -0.138. The second-order valence-corrected chi connectivity index (χ2v) is 10.3. The molecule has 0 spiro atoms. The first-order chi connectivity index (χ1) is 17.7. The maximum Gasteiger partial charge on any atom is 0.336 e. The van der Waals surface area contributed by atoms with Gasteiger partial charge < -0.3 is 15.4 Å². The molecule has 37 heavy (non-hydrogen) atoms. The van der Waals surface area contributed by atoms with E-state index in [0.29, 0.717) is 38.9 Å². The number of rotatable bonds is 9. The lowest BCUT2D eigenvalue weighted by atomic mass is 9.81. The van der Waals surface area contributed by atoms with Crippen molar-refractivity contribution in [2.24, 2.45) is 0 Å². The molecule has 2 aromatic rings. The van der Waals surface area contributed by atoms with Crippen LogP contribution in [0.3, 0.4) is 0 Å². The van der Waals surface area contributed by atoms with Crippen LogP contribution in [0.15, 0.2) is 58.3 Å². The van der Waals surface area contributed by atoms with Crippen molar-refractivity contribution in [1.82, 2.24) is 5.32 Å². The van der Waals surface area contributed by atoms with Crippen molar-refractivity contribution in [1.29, 1.82) is 5.26 Å². The Bertz CT molecular complexity index is 1290. The molecule has 3 rings (SSSR count). The zero-order valence-electron chi connectivity index (χ0n) is 21.8. The van der Waals surface area contributed by atoms with Gasteiger partial charge in [0.2, 0.25) is 5.91 Å². The first-order valence-electron chi connectivity index (χ1n) is 12.3. The highest BCUT2D eigenvalue weighted by Gasteiger charge is 2.37. The van der Waals surface area contributed by atoms with Gasteiger partial charge in [0.1, 0.15) is 0 Å². The number of aryl methyl sites for hydroxylation is 3. The number of thioether (sulfide) groups is 1. The predicted octanol–water partition coefficient (Wildman–Crippen LogP) is 6.68. The third-order valence-corrected chi connectivity index (χ3v) is 7.39. The number of hydrogen-bond acceptors (Lipinski definition) is 6. The van der Waals surface area contributed by atoms with Crippen molar-refractivity contribution in [3.05, 3.63) is 85.5 Å². The van der Waals surface area contributed by atoms with E-state index in [2.05, 4.69) is 16.7 Å². The topological polar surface area (TPSA) is 91.2 Å². The Morgan fingerprint density at radius 1 is 1.16 bits per heavy atom. The number of hydrogen-bond donors (Lipinski definition) is 2. The first-order valence-corrected chi connectivity index (χ1v) is 13.6. The van der Waals surface area contributed by atoms with E-state index < -0.39 is 11.9 Å². The van der Waals surface area contributed by atoms with Gasteiger partial charge in [-0.1, -0.05) is 72.6 Å². The molecule has 0 saturated carbocycles. The monoisotopic (exact) mass is 537 g/mol. The highest BCUT2D eigenvalue weighted by Crippen LogP contribution is 2.44. The highest BCUT2D eigenvalue weighted by atomic mass is 35.5. The molecule has 0 aromatic heterocycles. The molecular formula is C29H32ClN3O3S. The number of carbonyl (C=O) groups excluding carboxylic acids is 2. The molecule has 0 saturated heterocycles. The molecule has 1 atom stereocenters.